The molecule has 0 saturated carbocycles. The monoisotopic (exact) mass is 352 g/mol. The zero-order chi connectivity index (χ0) is 17.8. The maximum absolute atomic E-state index is 6.20. The van der Waals surface area contributed by atoms with Crippen molar-refractivity contribution >= 4 is 13.7 Å². The van der Waals surface area contributed by atoms with Gasteiger partial charge in [-0.15, -0.1) is 0 Å². The average molecular weight is 352 g/mol. The van der Waals surface area contributed by atoms with E-state index in [2.05, 4.69) is 46.8 Å². The molecule has 2 nitrogen and oxygen atoms in total. The van der Waals surface area contributed by atoms with Gasteiger partial charge in [0.1, 0.15) is 0 Å². The van der Waals surface area contributed by atoms with E-state index in [1.807, 2.05) is 0 Å². The van der Waals surface area contributed by atoms with Crippen molar-refractivity contribution in [1.82, 2.24) is 0 Å². The molecular formula is C21H37O2P. The van der Waals surface area contributed by atoms with Crippen LogP contribution in [-0.2, 0) is 9.05 Å². The fourth-order valence-corrected chi connectivity index (χ4v) is 4.25. The Kier molecular flexibility index (Phi) is 11.6. The van der Waals surface area contributed by atoms with Gasteiger partial charge in [-0.25, -0.2) is 0 Å². The molecular weight excluding hydrogens is 315 g/mol. The van der Waals surface area contributed by atoms with Crippen LogP contribution < -0.4 is 5.30 Å². The molecule has 0 radical (unpaired) electrons. The summed E-state index contributed by atoms with van der Waals surface area (Å²) in [5.74, 6) is 0. The highest BCUT2D eigenvalue weighted by atomic mass is 31.2. The lowest BCUT2D eigenvalue weighted by Crippen LogP contribution is -2.13. The van der Waals surface area contributed by atoms with Crippen LogP contribution >= 0.6 is 8.38 Å². The second-order valence-electron chi connectivity index (χ2n) is 6.70. The van der Waals surface area contributed by atoms with Gasteiger partial charge in [-0.05, 0) is 56.4 Å². The van der Waals surface area contributed by atoms with Gasteiger partial charge in [0.05, 0.1) is 13.2 Å². The van der Waals surface area contributed by atoms with Crippen molar-refractivity contribution in [3.8, 4) is 0 Å². The molecule has 24 heavy (non-hydrogen) atoms. The molecule has 0 unspecified atom stereocenters. The van der Waals surface area contributed by atoms with Gasteiger partial charge in [0.25, 0.3) is 0 Å². The summed E-state index contributed by atoms with van der Waals surface area (Å²) in [4.78, 5) is 0. The Morgan fingerprint density at radius 1 is 0.708 bits per heavy atom. The van der Waals surface area contributed by atoms with Gasteiger partial charge in [-0.1, -0.05) is 58.4 Å². The predicted octanol–water partition coefficient (Wildman–Crippen LogP) is 6.74. The standard InChI is InChI=1S/C21H37O2P/c1-6-8-10-12-16-22-24(23-17-13-11-9-7-2)21-15-14-18(3)19(4)20(21)5/h14-15H,6-13,16-17H2,1-5H3. The molecule has 0 spiro atoms. The highest BCUT2D eigenvalue weighted by Crippen LogP contribution is 2.39. The fourth-order valence-electron chi connectivity index (χ4n) is 2.67. The van der Waals surface area contributed by atoms with E-state index in [1.54, 1.807) is 0 Å². The number of hydrogen-bond acceptors (Lipinski definition) is 2. The number of benzene rings is 1. The quantitative estimate of drug-likeness (QED) is 0.289. The lowest BCUT2D eigenvalue weighted by atomic mass is 10.1. The van der Waals surface area contributed by atoms with E-state index in [4.69, 9.17) is 9.05 Å². The highest BCUT2D eigenvalue weighted by Gasteiger charge is 2.18. The van der Waals surface area contributed by atoms with Crippen molar-refractivity contribution in [2.24, 2.45) is 0 Å². The molecule has 1 aromatic carbocycles. The second kappa shape index (κ2) is 12.9. The van der Waals surface area contributed by atoms with Crippen LogP contribution in [0.5, 0.6) is 0 Å². The van der Waals surface area contributed by atoms with E-state index >= 15 is 0 Å². The Morgan fingerprint density at radius 2 is 1.25 bits per heavy atom. The zero-order valence-electron chi connectivity index (χ0n) is 16.5. The topological polar surface area (TPSA) is 18.5 Å². The molecule has 0 atom stereocenters. The van der Waals surface area contributed by atoms with Crippen LogP contribution in [0.3, 0.4) is 0 Å². The Morgan fingerprint density at radius 3 is 1.75 bits per heavy atom. The second-order valence-corrected chi connectivity index (χ2v) is 8.21. The minimum absolute atomic E-state index is 0.813. The highest BCUT2D eigenvalue weighted by molar-refractivity contribution is 7.56. The average Bonchev–Trinajstić information content (AvgIpc) is 2.58. The molecule has 1 rings (SSSR count). The van der Waals surface area contributed by atoms with Crippen LogP contribution in [0, 0.1) is 20.8 Å². The van der Waals surface area contributed by atoms with Gasteiger partial charge in [-0.3, -0.25) is 0 Å². The molecule has 0 N–H and O–H groups in total. The molecule has 3 heteroatoms. The van der Waals surface area contributed by atoms with E-state index in [0.717, 1.165) is 26.1 Å². The van der Waals surface area contributed by atoms with Crippen LogP contribution in [0.1, 0.15) is 81.9 Å². The lowest BCUT2D eigenvalue weighted by molar-refractivity contribution is 0.247. The summed E-state index contributed by atoms with van der Waals surface area (Å²) in [5, 5.41) is 1.26. The van der Waals surface area contributed by atoms with E-state index in [0.29, 0.717) is 0 Å². The summed E-state index contributed by atoms with van der Waals surface area (Å²) in [7, 11) is -0.947. The van der Waals surface area contributed by atoms with Crippen LogP contribution in [-0.4, -0.2) is 13.2 Å². The number of rotatable bonds is 13. The first-order chi connectivity index (χ1) is 11.6. The largest absolute Gasteiger partial charge is 0.331 e. The Bertz CT molecular complexity index is 445. The first-order valence-electron chi connectivity index (χ1n) is 9.74. The summed E-state index contributed by atoms with van der Waals surface area (Å²) in [5.41, 5.74) is 4.05. The molecule has 0 bridgehead atoms. The summed E-state index contributed by atoms with van der Waals surface area (Å²) in [6.45, 7) is 12.7. The van der Waals surface area contributed by atoms with E-state index in [1.165, 1.54) is 60.5 Å². The summed E-state index contributed by atoms with van der Waals surface area (Å²) in [6, 6.07) is 4.41. The van der Waals surface area contributed by atoms with Gasteiger partial charge in [0.2, 0.25) is 8.38 Å². The molecule has 0 fully saturated rings. The van der Waals surface area contributed by atoms with Gasteiger partial charge in [0, 0.05) is 5.30 Å². The molecule has 0 aliphatic heterocycles. The molecule has 0 aliphatic carbocycles. The number of aryl methyl sites for hydroxylation is 1. The molecule has 138 valence electrons. The van der Waals surface area contributed by atoms with Gasteiger partial charge >= 0.3 is 0 Å². The van der Waals surface area contributed by atoms with Crippen LogP contribution in [0.25, 0.3) is 0 Å². The Hall–Kier alpha value is -0.430. The third kappa shape index (κ3) is 7.64. The molecule has 1 aromatic rings. The lowest BCUT2D eigenvalue weighted by Gasteiger charge is -2.21. The first kappa shape index (κ1) is 21.6. The van der Waals surface area contributed by atoms with Crippen molar-refractivity contribution in [3.63, 3.8) is 0 Å². The Labute approximate surface area is 151 Å². The zero-order valence-corrected chi connectivity index (χ0v) is 17.4. The summed E-state index contributed by atoms with van der Waals surface area (Å²) < 4.78 is 12.4. The van der Waals surface area contributed by atoms with Gasteiger partial charge < -0.3 is 9.05 Å². The van der Waals surface area contributed by atoms with Crippen LogP contribution in [0.15, 0.2) is 12.1 Å². The first-order valence-corrected chi connectivity index (χ1v) is 10.9. The van der Waals surface area contributed by atoms with Crippen molar-refractivity contribution in [2.45, 2.75) is 86.0 Å². The minimum atomic E-state index is -0.947. The predicted molar refractivity (Wildman–Crippen MR) is 107 cm³/mol. The van der Waals surface area contributed by atoms with Crippen LogP contribution in [0.2, 0.25) is 0 Å². The minimum Gasteiger partial charge on any atom is -0.331 e. The summed E-state index contributed by atoms with van der Waals surface area (Å²) in [6.07, 6.45) is 9.89. The molecule has 0 saturated heterocycles. The van der Waals surface area contributed by atoms with Crippen molar-refractivity contribution < 1.29 is 9.05 Å². The maximum Gasteiger partial charge on any atom is 0.205 e. The van der Waals surface area contributed by atoms with Crippen molar-refractivity contribution in [1.29, 1.82) is 0 Å². The summed E-state index contributed by atoms with van der Waals surface area (Å²) >= 11 is 0. The van der Waals surface area contributed by atoms with E-state index in [-0.39, 0.29) is 0 Å². The van der Waals surface area contributed by atoms with Crippen LogP contribution in [0.4, 0.5) is 0 Å². The molecule has 0 amide bonds. The number of hydrogen-bond donors (Lipinski definition) is 0. The van der Waals surface area contributed by atoms with Crippen molar-refractivity contribution in [3.05, 3.63) is 28.8 Å². The smallest absolute Gasteiger partial charge is 0.205 e. The van der Waals surface area contributed by atoms with E-state index in [9.17, 15) is 0 Å². The molecule has 0 heterocycles. The SMILES string of the molecule is CCCCCCOP(OCCCCCC)c1ccc(C)c(C)c1C. The normalized spacial score (nSPS) is 11.4. The fraction of sp³-hybridized carbons (Fsp3) is 0.714. The van der Waals surface area contributed by atoms with Gasteiger partial charge in [0.15, 0.2) is 0 Å². The van der Waals surface area contributed by atoms with Gasteiger partial charge in [-0.2, -0.15) is 0 Å². The molecule has 0 aliphatic rings. The third-order valence-corrected chi connectivity index (χ3v) is 6.35. The Balaban J connectivity index is 2.64. The van der Waals surface area contributed by atoms with Crippen molar-refractivity contribution in [2.75, 3.05) is 13.2 Å². The molecule has 0 aromatic heterocycles. The number of unbranched alkanes of at least 4 members (excludes halogenated alkanes) is 6. The third-order valence-electron chi connectivity index (χ3n) is 4.64. The van der Waals surface area contributed by atoms with E-state index < -0.39 is 8.38 Å². The maximum atomic E-state index is 6.20.